The van der Waals surface area contributed by atoms with E-state index in [0.717, 1.165) is 12.8 Å². The highest BCUT2D eigenvalue weighted by molar-refractivity contribution is 5.94. The van der Waals surface area contributed by atoms with Crippen LogP contribution in [0.3, 0.4) is 0 Å². The normalized spacial score (nSPS) is 11.3. The molecule has 2 rings (SSSR count). The van der Waals surface area contributed by atoms with E-state index < -0.39 is 29.8 Å². The molecule has 0 bridgehead atoms. The molecule has 30 heavy (non-hydrogen) atoms. The smallest absolute Gasteiger partial charge is 0.338 e. The van der Waals surface area contributed by atoms with E-state index in [1.807, 2.05) is 6.92 Å². The van der Waals surface area contributed by atoms with Crippen LogP contribution in [0.15, 0.2) is 48.5 Å². The highest BCUT2D eigenvalue weighted by Gasteiger charge is 2.22. The van der Waals surface area contributed by atoms with E-state index >= 15 is 0 Å². The van der Waals surface area contributed by atoms with Crippen LogP contribution in [-0.4, -0.2) is 37.7 Å². The molecule has 2 amide bonds. The Morgan fingerprint density at radius 3 is 2.30 bits per heavy atom. The van der Waals surface area contributed by atoms with Gasteiger partial charge in [-0.15, -0.1) is 0 Å². The summed E-state index contributed by atoms with van der Waals surface area (Å²) in [7, 11) is 1.22. The average Bonchev–Trinajstić information content (AvgIpc) is 2.74. The van der Waals surface area contributed by atoms with Gasteiger partial charge in [0.25, 0.3) is 0 Å². The molecule has 0 aliphatic carbocycles. The van der Waals surface area contributed by atoms with Gasteiger partial charge in [-0.05, 0) is 48.4 Å². The quantitative estimate of drug-likeness (QED) is 0.480. The van der Waals surface area contributed by atoms with Crippen LogP contribution in [-0.2, 0) is 20.7 Å². The largest absolute Gasteiger partial charge is 0.467 e. The van der Waals surface area contributed by atoms with Gasteiger partial charge < -0.3 is 20.1 Å². The lowest BCUT2D eigenvalue weighted by Crippen LogP contribution is -2.45. The minimum absolute atomic E-state index is 0.142. The summed E-state index contributed by atoms with van der Waals surface area (Å²) in [6.45, 7) is 2.37. The molecular formula is C22H25FN2O5. The Balaban J connectivity index is 1.95. The molecule has 2 aromatic carbocycles. The molecular weight excluding hydrogens is 391 g/mol. The van der Waals surface area contributed by atoms with Crippen molar-refractivity contribution in [2.24, 2.45) is 0 Å². The average molecular weight is 416 g/mol. The summed E-state index contributed by atoms with van der Waals surface area (Å²) in [5.74, 6) is -1.44. The number of methoxy groups -OCH3 is 1. The predicted molar refractivity (Wildman–Crippen MR) is 110 cm³/mol. The SMILES string of the molecule is CCCCOC(=O)c1ccc(NC(=O)NC(Cc2ccc(F)cc2)C(=O)OC)cc1. The first kappa shape index (κ1) is 22.9. The van der Waals surface area contributed by atoms with Gasteiger partial charge in [-0.2, -0.15) is 0 Å². The Hall–Kier alpha value is -3.42. The number of benzene rings is 2. The van der Waals surface area contributed by atoms with Gasteiger partial charge in [0.15, 0.2) is 0 Å². The number of hydrogen-bond donors (Lipinski definition) is 2. The number of amides is 2. The number of halogens is 1. The molecule has 0 saturated carbocycles. The number of unbranched alkanes of at least 4 members (excludes halogenated alkanes) is 1. The van der Waals surface area contributed by atoms with E-state index in [4.69, 9.17) is 9.47 Å². The maximum atomic E-state index is 13.1. The topological polar surface area (TPSA) is 93.7 Å². The zero-order valence-corrected chi connectivity index (χ0v) is 16.9. The van der Waals surface area contributed by atoms with Crippen molar-refractivity contribution < 1.29 is 28.2 Å². The molecule has 0 aliphatic heterocycles. The minimum Gasteiger partial charge on any atom is -0.467 e. The molecule has 1 atom stereocenters. The summed E-state index contributed by atoms with van der Waals surface area (Å²) >= 11 is 0. The zero-order chi connectivity index (χ0) is 21.9. The fraction of sp³-hybridized carbons (Fsp3) is 0.318. The van der Waals surface area contributed by atoms with Gasteiger partial charge in [0.05, 0.1) is 19.3 Å². The second kappa shape index (κ2) is 11.5. The molecule has 0 spiro atoms. The molecule has 7 nitrogen and oxygen atoms in total. The highest BCUT2D eigenvalue weighted by atomic mass is 19.1. The Labute approximate surface area is 174 Å². The summed E-state index contributed by atoms with van der Waals surface area (Å²) in [4.78, 5) is 36.2. The van der Waals surface area contributed by atoms with Crippen LogP contribution >= 0.6 is 0 Å². The lowest BCUT2D eigenvalue weighted by Gasteiger charge is -2.17. The van der Waals surface area contributed by atoms with Crippen LogP contribution in [0.5, 0.6) is 0 Å². The molecule has 0 fully saturated rings. The minimum atomic E-state index is -0.951. The van der Waals surface area contributed by atoms with E-state index in [-0.39, 0.29) is 6.42 Å². The van der Waals surface area contributed by atoms with Crippen molar-refractivity contribution in [2.75, 3.05) is 19.0 Å². The van der Waals surface area contributed by atoms with Crippen LogP contribution in [0, 0.1) is 5.82 Å². The third-order valence-electron chi connectivity index (χ3n) is 4.25. The van der Waals surface area contributed by atoms with Crippen molar-refractivity contribution in [1.29, 1.82) is 0 Å². The number of urea groups is 1. The standard InChI is InChI=1S/C22H25FN2O5/c1-3-4-13-30-20(26)16-7-11-18(12-8-16)24-22(28)25-19(21(27)29-2)14-15-5-9-17(23)10-6-15/h5-12,19H,3-4,13-14H2,1-2H3,(H2,24,25,28). The second-order valence-corrected chi connectivity index (χ2v) is 6.57. The lowest BCUT2D eigenvalue weighted by molar-refractivity contribution is -0.142. The zero-order valence-electron chi connectivity index (χ0n) is 16.9. The van der Waals surface area contributed by atoms with Crippen molar-refractivity contribution >= 4 is 23.7 Å². The first-order valence-electron chi connectivity index (χ1n) is 9.60. The van der Waals surface area contributed by atoms with Crippen LogP contribution in [0.25, 0.3) is 0 Å². The predicted octanol–water partition coefficient (Wildman–Crippen LogP) is 3.69. The van der Waals surface area contributed by atoms with E-state index in [1.54, 1.807) is 24.3 Å². The monoisotopic (exact) mass is 416 g/mol. The van der Waals surface area contributed by atoms with E-state index in [9.17, 15) is 18.8 Å². The van der Waals surface area contributed by atoms with Crippen LogP contribution in [0.4, 0.5) is 14.9 Å². The molecule has 0 radical (unpaired) electrons. The molecule has 0 aromatic heterocycles. The maximum absolute atomic E-state index is 13.1. The molecule has 0 saturated heterocycles. The van der Waals surface area contributed by atoms with Gasteiger partial charge in [0.1, 0.15) is 11.9 Å². The summed E-state index contributed by atoms with van der Waals surface area (Å²) in [6, 6.07) is 10.2. The fourth-order valence-corrected chi connectivity index (χ4v) is 2.60. The van der Waals surface area contributed by atoms with Crippen molar-refractivity contribution in [1.82, 2.24) is 5.32 Å². The van der Waals surface area contributed by atoms with Gasteiger partial charge in [-0.3, -0.25) is 0 Å². The van der Waals surface area contributed by atoms with E-state index in [2.05, 4.69) is 10.6 Å². The molecule has 1 unspecified atom stereocenters. The van der Waals surface area contributed by atoms with Gasteiger partial charge >= 0.3 is 18.0 Å². The van der Waals surface area contributed by atoms with Gasteiger partial charge in [-0.25, -0.2) is 18.8 Å². The number of hydrogen-bond acceptors (Lipinski definition) is 5. The van der Waals surface area contributed by atoms with Crippen molar-refractivity contribution in [3.05, 3.63) is 65.5 Å². The van der Waals surface area contributed by atoms with Crippen LogP contribution in [0.2, 0.25) is 0 Å². The Bertz CT molecular complexity index is 853. The summed E-state index contributed by atoms with van der Waals surface area (Å²) in [5, 5.41) is 5.14. The number of rotatable bonds is 9. The van der Waals surface area contributed by atoms with Gasteiger partial charge in [0.2, 0.25) is 0 Å². The first-order chi connectivity index (χ1) is 14.4. The van der Waals surface area contributed by atoms with Gasteiger partial charge in [0, 0.05) is 12.1 Å². The van der Waals surface area contributed by atoms with Crippen LogP contribution in [0.1, 0.15) is 35.7 Å². The number of nitrogens with one attached hydrogen (secondary N) is 2. The lowest BCUT2D eigenvalue weighted by atomic mass is 10.1. The highest BCUT2D eigenvalue weighted by Crippen LogP contribution is 2.12. The molecule has 0 heterocycles. The Morgan fingerprint density at radius 2 is 1.70 bits per heavy atom. The summed E-state index contributed by atoms with van der Waals surface area (Å²) in [5.41, 5.74) is 1.47. The molecule has 2 N–H and O–H groups in total. The first-order valence-corrected chi connectivity index (χ1v) is 9.60. The molecule has 2 aromatic rings. The number of ether oxygens (including phenoxy) is 2. The molecule has 0 aliphatic rings. The summed E-state index contributed by atoms with van der Waals surface area (Å²) in [6.07, 6.45) is 1.87. The van der Waals surface area contributed by atoms with Crippen molar-refractivity contribution in [2.45, 2.75) is 32.2 Å². The van der Waals surface area contributed by atoms with E-state index in [1.165, 1.54) is 31.4 Å². The number of carbonyl (C=O) groups excluding carboxylic acids is 3. The van der Waals surface area contributed by atoms with Gasteiger partial charge in [-0.1, -0.05) is 25.5 Å². The molecule has 8 heteroatoms. The Morgan fingerprint density at radius 1 is 1.03 bits per heavy atom. The number of esters is 2. The third-order valence-corrected chi connectivity index (χ3v) is 4.25. The summed E-state index contributed by atoms with van der Waals surface area (Å²) < 4.78 is 22.9. The molecule has 160 valence electrons. The van der Waals surface area contributed by atoms with Crippen molar-refractivity contribution in [3.63, 3.8) is 0 Å². The van der Waals surface area contributed by atoms with Crippen molar-refractivity contribution in [3.8, 4) is 0 Å². The fourth-order valence-electron chi connectivity index (χ4n) is 2.60. The Kier molecular flexibility index (Phi) is 8.80. The number of anilines is 1. The number of carbonyl (C=O) groups is 3. The maximum Gasteiger partial charge on any atom is 0.338 e. The van der Waals surface area contributed by atoms with Crippen LogP contribution < -0.4 is 10.6 Å². The second-order valence-electron chi connectivity index (χ2n) is 6.57. The third kappa shape index (κ3) is 7.20. The van der Waals surface area contributed by atoms with E-state index in [0.29, 0.717) is 23.4 Å².